The predicted molar refractivity (Wildman–Crippen MR) is 73.3 cm³/mol. The minimum Gasteiger partial charge on any atom is -0.478 e. The van der Waals surface area contributed by atoms with Gasteiger partial charge in [-0.3, -0.25) is 4.98 Å². The zero-order valence-electron chi connectivity index (χ0n) is 10.1. The third-order valence-corrected chi connectivity index (χ3v) is 3.07. The van der Waals surface area contributed by atoms with Gasteiger partial charge in [0, 0.05) is 11.8 Å². The Hall–Kier alpha value is -2.68. The van der Waals surface area contributed by atoms with Crippen molar-refractivity contribution in [3.8, 4) is 22.4 Å². The molecule has 19 heavy (non-hydrogen) atoms. The fraction of sp³-hybridized carbons (Fsp3) is 0. The number of carboxylic acids is 1. The summed E-state index contributed by atoms with van der Waals surface area (Å²) in [7, 11) is 0. The average Bonchev–Trinajstić information content (AvgIpc) is 2.64. The Kier molecular flexibility index (Phi) is 2.72. The minimum absolute atomic E-state index is 0.310. The van der Waals surface area contributed by atoms with Crippen molar-refractivity contribution < 1.29 is 9.90 Å². The smallest absolute Gasteiger partial charge is 0.337 e. The second-order valence-corrected chi connectivity index (χ2v) is 4.23. The number of nitrogens with zero attached hydrogens (tertiary/aromatic N) is 1. The lowest BCUT2D eigenvalue weighted by molar-refractivity contribution is 0.0699. The molecule has 0 atom stereocenters. The summed E-state index contributed by atoms with van der Waals surface area (Å²) in [5, 5.41) is 9.47. The maximum absolute atomic E-state index is 11.5. The SMILES string of the molecule is O=C(O)c1c2cccccc-2cc1-c1ccccn1. The van der Waals surface area contributed by atoms with Crippen LogP contribution in [-0.2, 0) is 0 Å². The van der Waals surface area contributed by atoms with Crippen molar-refractivity contribution in [1.29, 1.82) is 0 Å². The normalized spacial score (nSPS) is 10.5. The summed E-state index contributed by atoms with van der Waals surface area (Å²) in [6.45, 7) is 0. The summed E-state index contributed by atoms with van der Waals surface area (Å²) in [5.41, 5.74) is 3.29. The molecule has 2 aliphatic carbocycles. The summed E-state index contributed by atoms with van der Waals surface area (Å²) in [6, 6.07) is 16.7. The van der Waals surface area contributed by atoms with Crippen molar-refractivity contribution in [3.05, 3.63) is 66.4 Å². The van der Waals surface area contributed by atoms with Gasteiger partial charge in [-0.15, -0.1) is 0 Å². The molecule has 3 heteroatoms. The van der Waals surface area contributed by atoms with E-state index in [0.29, 0.717) is 16.8 Å². The fourth-order valence-electron chi connectivity index (χ4n) is 2.24. The summed E-state index contributed by atoms with van der Waals surface area (Å²) < 4.78 is 0. The Balaban J connectivity index is 2.34. The highest BCUT2D eigenvalue weighted by atomic mass is 16.4. The van der Waals surface area contributed by atoms with Gasteiger partial charge in [0.2, 0.25) is 0 Å². The van der Waals surface area contributed by atoms with Crippen molar-refractivity contribution >= 4 is 5.97 Å². The summed E-state index contributed by atoms with van der Waals surface area (Å²) >= 11 is 0. The molecule has 3 nitrogen and oxygen atoms in total. The Morgan fingerprint density at radius 1 is 0.947 bits per heavy atom. The Morgan fingerprint density at radius 2 is 1.74 bits per heavy atom. The number of aromatic carboxylic acids is 1. The van der Waals surface area contributed by atoms with Crippen LogP contribution in [0.3, 0.4) is 0 Å². The van der Waals surface area contributed by atoms with Gasteiger partial charge in [-0.1, -0.05) is 36.4 Å². The standard InChI is InChI=1S/C16H11NO2/c18-16(19)15-12-7-3-1-2-6-11(12)10-13(15)14-8-4-5-9-17-14/h1-10H,(H,18,19). The molecule has 3 rings (SSSR count). The van der Waals surface area contributed by atoms with Crippen LogP contribution in [0.4, 0.5) is 0 Å². The third-order valence-electron chi connectivity index (χ3n) is 3.07. The van der Waals surface area contributed by atoms with Crippen molar-refractivity contribution in [2.45, 2.75) is 0 Å². The predicted octanol–water partition coefficient (Wildman–Crippen LogP) is 3.55. The van der Waals surface area contributed by atoms with Gasteiger partial charge in [-0.2, -0.15) is 0 Å². The molecule has 1 N–H and O–H groups in total. The molecule has 0 spiro atoms. The van der Waals surface area contributed by atoms with E-state index in [4.69, 9.17) is 0 Å². The molecule has 1 aromatic rings. The Labute approximate surface area is 110 Å². The number of hydrogen-bond donors (Lipinski definition) is 1. The van der Waals surface area contributed by atoms with Gasteiger partial charge in [-0.05, 0) is 29.3 Å². The van der Waals surface area contributed by atoms with E-state index in [9.17, 15) is 9.90 Å². The molecule has 0 amide bonds. The fourth-order valence-corrected chi connectivity index (χ4v) is 2.24. The lowest BCUT2D eigenvalue weighted by atomic mass is 10.1. The van der Waals surface area contributed by atoms with Crippen LogP contribution >= 0.6 is 0 Å². The van der Waals surface area contributed by atoms with Crippen LogP contribution in [0.25, 0.3) is 22.4 Å². The van der Waals surface area contributed by atoms with Crippen LogP contribution in [0.15, 0.2) is 60.8 Å². The number of fused-ring (bicyclic) bond motifs is 1. The van der Waals surface area contributed by atoms with E-state index in [2.05, 4.69) is 4.98 Å². The highest BCUT2D eigenvalue weighted by Crippen LogP contribution is 2.36. The summed E-state index contributed by atoms with van der Waals surface area (Å²) in [4.78, 5) is 15.8. The van der Waals surface area contributed by atoms with E-state index in [1.807, 2.05) is 54.6 Å². The molecule has 0 bridgehead atoms. The monoisotopic (exact) mass is 249 g/mol. The van der Waals surface area contributed by atoms with Crippen LogP contribution in [0, 0.1) is 0 Å². The summed E-state index contributed by atoms with van der Waals surface area (Å²) in [5.74, 6) is -0.929. The molecule has 0 saturated heterocycles. The number of carboxylic acid groups (broad SMARTS) is 1. The number of pyridine rings is 1. The van der Waals surface area contributed by atoms with Crippen LogP contribution in [0.5, 0.6) is 0 Å². The second kappa shape index (κ2) is 4.53. The molecule has 0 radical (unpaired) electrons. The molecule has 92 valence electrons. The van der Waals surface area contributed by atoms with E-state index in [1.165, 1.54) is 0 Å². The first-order valence-electron chi connectivity index (χ1n) is 5.94. The molecular weight excluding hydrogens is 238 g/mol. The average molecular weight is 249 g/mol. The number of hydrogen-bond acceptors (Lipinski definition) is 2. The lowest BCUT2D eigenvalue weighted by Crippen LogP contribution is -1.98. The van der Waals surface area contributed by atoms with Crippen molar-refractivity contribution in [2.75, 3.05) is 0 Å². The number of rotatable bonds is 2. The van der Waals surface area contributed by atoms with Crippen LogP contribution in [0.2, 0.25) is 0 Å². The zero-order valence-corrected chi connectivity index (χ0v) is 10.1. The molecule has 2 aliphatic rings. The Morgan fingerprint density at radius 3 is 2.47 bits per heavy atom. The summed E-state index contributed by atoms with van der Waals surface area (Å²) in [6.07, 6.45) is 1.67. The molecule has 0 fully saturated rings. The molecule has 1 heterocycles. The maximum Gasteiger partial charge on any atom is 0.337 e. The first kappa shape index (κ1) is 11.4. The molecule has 0 unspecified atom stereocenters. The Bertz CT molecular complexity index is 707. The van der Waals surface area contributed by atoms with Gasteiger partial charge < -0.3 is 5.11 Å². The molecule has 0 saturated carbocycles. The molecule has 0 aromatic carbocycles. The first-order chi connectivity index (χ1) is 9.27. The van der Waals surface area contributed by atoms with E-state index >= 15 is 0 Å². The quantitative estimate of drug-likeness (QED) is 0.755. The van der Waals surface area contributed by atoms with Gasteiger partial charge in [0.05, 0.1) is 11.3 Å². The third kappa shape index (κ3) is 1.95. The molecular formula is C16H11NO2. The van der Waals surface area contributed by atoms with Crippen molar-refractivity contribution in [1.82, 2.24) is 4.98 Å². The zero-order chi connectivity index (χ0) is 13.2. The van der Waals surface area contributed by atoms with Crippen molar-refractivity contribution in [2.24, 2.45) is 0 Å². The van der Waals surface area contributed by atoms with Gasteiger partial charge in [0.15, 0.2) is 0 Å². The minimum atomic E-state index is -0.929. The largest absolute Gasteiger partial charge is 0.478 e. The van der Waals surface area contributed by atoms with Gasteiger partial charge >= 0.3 is 5.97 Å². The van der Waals surface area contributed by atoms with E-state index in [1.54, 1.807) is 6.20 Å². The highest BCUT2D eigenvalue weighted by molar-refractivity contribution is 6.05. The highest BCUT2D eigenvalue weighted by Gasteiger charge is 2.21. The number of carbonyl (C=O) groups is 1. The topological polar surface area (TPSA) is 50.2 Å². The lowest BCUT2D eigenvalue weighted by Gasteiger charge is -2.00. The van der Waals surface area contributed by atoms with Crippen LogP contribution in [0.1, 0.15) is 10.4 Å². The van der Waals surface area contributed by atoms with Gasteiger partial charge in [-0.25, -0.2) is 4.79 Å². The maximum atomic E-state index is 11.5. The second-order valence-electron chi connectivity index (χ2n) is 4.23. The van der Waals surface area contributed by atoms with Gasteiger partial charge in [0.25, 0.3) is 0 Å². The first-order valence-corrected chi connectivity index (χ1v) is 5.94. The van der Waals surface area contributed by atoms with Crippen molar-refractivity contribution in [3.63, 3.8) is 0 Å². The van der Waals surface area contributed by atoms with E-state index in [0.717, 1.165) is 11.1 Å². The molecule has 0 aliphatic heterocycles. The molecule has 1 aromatic heterocycles. The van der Waals surface area contributed by atoms with E-state index in [-0.39, 0.29) is 0 Å². The van der Waals surface area contributed by atoms with Gasteiger partial charge in [0.1, 0.15) is 0 Å². The van der Waals surface area contributed by atoms with Crippen LogP contribution < -0.4 is 0 Å². The van der Waals surface area contributed by atoms with E-state index < -0.39 is 5.97 Å². The number of aromatic nitrogens is 1. The van der Waals surface area contributed by atoms with Crippen LogP contribution in [-0.4, -0.2) is 16.1 Å².